The minimum atomic E-state index is 0.771. The molecule has 7 nitrogen and oxygen atoms in total. The molecule has 0 aliphatic carbocycles. The Bertz CT molecular complexity index is 800. The van der Waals surface area contributed by atoms with Gasteiger partial charge in [0.2, 0.25) is 5.95 Å². The minimum absolute atomic E-state index is 0.771. The first-order valence-corrected chi connectivity index (χ1v) is 9.80. The van der Waals surface area contributed by atoms with Crippen molar-refractivity contribution in [2.75, 3.05) is 56.1 Å². The fourth-order valence-electron chi connectivity index (χ4n) is 3.60. The van der Waals surface area contributed by atoms with Gasteiger partial charge in [-0.2, -0.15) is 0 Å². The monoisotopic (exact) mass is 377 g/mol. The topological polar surface area (TPSA) is 59.9 Å². The molecule has 2 aliphatic heterocycles. The van der Waals surface area contributed by atoms with E-state index in [0.29, 0.717) is 0 Å². The molecule has 1 aromatic heterocycles. The summed E-state index contributed by atoms with van der Waals surface area (Å²) in [5, 5.41) is 3.50. The van der Waals surface area contributed by atoms with E-state index in [9.17, 15) is 0 Å². The second-order valence-corrected chi connectivity index (χ2v) is 6.97. The lowest BCUT2D eigenvalue weighted by Gasteiger charge is -2.36. The van der Waals surface area contributed by atoms with Crippen LogP contribution in [0.1, 0.15) is 5.56 Å². The van der Waals surface area contributed by atoms with Crippen LogP contribution in [-0.2, 0) is 6.54 Å². The molecule has 1 fully saturated rings. The smallest absolute Gasteiger partial charge is 0.225 e. The van der Waals surface area contributed by atoms with E-state index in [1.165, 1.54) is 11.3 Å². The molecule has 0 bridgehead atoms. The first kappa shape index (κ1) is 18.3. The lowest BCUT2D eigenvalue weighted by Crippen LogP contribution is -2.52. The van der Waals surface area contributed by atoms with Crippen molar-refractivity contribution >= 4 is 17.6 Å². The third-order valence-corrected chi connectivity index (χ3v) is 5.20. The van der Waals surface area contributed by atoms with Crippen molar-refractivity contribution in [3.63, 3.8) is 0 Å². The van der Waals surface area contributed by atoms with Crippen molar-refractivity contribution in [3.8, 4) is 0 Å². The molecule has 2 aromatic rings. The van der Waals surface area contributed by atoms with Crippen LogP contribution in [0, 0.1) is 0 Å². The molecule has 2 aliphatic rings. The molecule has 1 saturated heterocycles. The number of anilines is 2. The molecular weight excluding hydrogens is 350 g/mol. The summed E-state index contributed by atoms with van der Waals surface area (Å²) in [6.45, 7) is 6.37. The van der Waals surface area contributed by atoms with Crippen LogP contribution >= 0.6 is 0 Å². The zero-order valence-electron chi connectivity index (χ0n) is 16.3. The van der Waals surface area contributed by atoms with Gasteiger partial charge in [-0.25, -0.2) is 9.97 Å². The van der Waals surface area contributed by atoms with Crippen LogP contribution in [-0.4, -0.2) is 67.1 Å². The number of nitrogens with zero attached hydrogens (tertiary/aromatic N) is 6. The first-order chi connectivity index (χ1) is 13.8. The summed E-state index contributed by atoms with van der Waals surface area (Å²) >= 11 is 0. The highest BCUT2D eigenvalue weighted by Gasteiger charge is 2.21. The molecular formula is C21H27N7. The van der Waals surface area contributed by atoms with Gasteiger partial charge in [-0.3, -0.25) is 4.99 Å². The number of hydrogen-bond acceptors (Lipinski definition) is 5. The number of hydrogen-bond donors (Lipinski definition) is 1. The Balaban J connectivity index is 1.28. The van der Waals surface area contributed by atoms with Crippen LogP contribution < -0.4 is 15.1 Å². The summed E-state index contributed by atoms with van der Waals surface area (Å²) in [5.41, 5.74) is 2.53. The standard InChI is InChI=1S/C21H27N7/c1-22-20(27-13-15-28(16-14-27)21-23-9-4-10-24-21)25-17-18-5-7-19(8-6-18)26-11-2-3-12-26/h2-10H,11-17H2,1H3,(H,22,25). The summed E-state index contributed by atoms with van der Waals surface area (Å²) in [5.74, 6) is 1.75. The molecule has 0 amide bonds. The van der Waals surface area contributed by atoms with Crippen molar-refractivity contribution in [2.45, 2.75) is 6.54 Å². The minimum Gasteiger partial charge on any atom is -0.364 e. The lowest BCUT2D eigenvalue weighted by atomic mass is 10.2. The SMILES string of the molecule is CN=C(NCc1ccc(N2CC=CC2)cc1)N1CCN(c2ncccn2)CC1. The van der Waals surface area contributed by atoms with Crippen LogP contribution in [0.4, 0.5) is 11.6 Å². The van der Waals surface area contributed by atoms with Gasteiger partial charge in [0.15, 0.2) is 5.96 Å². The van der Waals surface area contributed by atoms with E-state index < -0.39 is 0 Å². The van der Waals surface area contributed by atoms with Crippen LogP contribution in [0.3, 0.4) is 0 Å². The van der Waals surface area contributed by atoms with Gasteiger partial charge >= 0.3 is 0 Å². The van der Waals surface area contributed by atoms with E-state index in [2.05, 4.69) is 71.4 Å². The van der Waals surface area contributed by atoms with Gasteiger partial charge in [0.05, 0.1) is 0 Å². The molecule has 1 aromatic carbocycles. The molecule has 0 saturated carbocycles. The fourth-order valence-corrected chi connectivity index (χ4v) is 3.60. The fraction of sp³-hybridized carbons (Fsp3) is 0.381. The maximum atomic E-state index is 4.47. The number of nitrogens with one attached hydrogen (secondary N) is 1. The van der Waals surface area contributed by atoms with E-state index in [-0.39, 0.29) is 0 Å². The number of piperazine rings is 1. The zero-order valence-corrected chi connectivity index (χ0v) is 16.3. The number of guanidine groups is 1. The molecule has 0 unspecified atom stereocenters. The van der Waals surface area contributed by atoms with Gasteiger partial charge in [0.25, 0.3) is 0 Å². The summed E-state index contributed by atoms with van der Waals surface area (Å²) in [6.07, 6.45) is 8.01. The molecule has 1 N–H and O–H groups in total. The Kier molecular flexibility index (Phi) is 5.70. The van der Waals surface area contributed by atoms with Gasteiger partial charge < -0.3 is 20.0 Å². The first-order valence-electron chi connectivity index (χ1n) is 9.80. The van der Waals surface area contributed by atoms with E-state index >= 15 is 0 Å². The quantitative estimate of drug-likeness (QED) is 0.498. The van der Waals surface area contributed by atoms with Gasteiger partial charge in [0, 0.05) is 70.9 Å². The van der Waals surface area contributed by atoms with E-state index in [4.69, 9.17) is 0 Å². The van der Waals surface area contributed by atoms with Crippen molar-refractivity contribution in [2.24, 2.45) is 4.99 Å². The van der Waals surface area contributed by atoms with E-state index in [1.54, 1.807) is 12.4 Å². The highest BCUT2D eigenvalue weighted by molar-refractivity contribution is 5.80. The summed E-state index contributed by atoms with van der Waals surface area (Å²) in [7, 11) is 1.85. The molecule has 0 atom stereocenters. The van der Waals surface area contributed by atoms with Crippen LogP contribution in [0.2, 0.25) is 0 Å². The molecule has 4 rings (SSSR count). The summed E-state index contributed by atoms with van der Waals surface area (Å²) < 4.78 is 0. The van der Waals surface area contributed by atoms with E-state index in [0.717, 1.165) is 57.7 Å². The third-order valence-electron chi connectivity index (χ3n) is 5.20. The second-order valence-electron chi connectivity index (χ2n) is 6.97. The van der Waals surface area contributed by atoms with Gasteiger partial charge in [0.1, 0.15) is 0 Å². The maximum Gasteiger partial charge on any atom is 0.225 e. The average Bonchev–Trinajstić information content (AvgIpc) is 3.31. The molecule has 146 valence electrons. The van der Waals surface area contributed by atoms with Gasteiger partial charge in [-0.05, 0) is 23.8 Å². The molecule has 0 radical (unpaired) electrons. The van der Waals surface area contributed by atoms with Crippen LogP contribution in [0.25, 0.3) is 0 Å². The largest absolute Gasteiger partial charge is 0.364 e. The van der Waals surface area contributed by atoms with Gasteiger partial charge in [-0.1, -0.05) is 24.3 Å². The molecule has 28 heavy (non-hydrogen) atoms. The highest BCUT2D eigenvalue weighted by Crippen LogP contribution is 2.17. The normalized spacial score (nSPS) is 17.3. The van der Waals surface area contributed by atoms with Crippen molar-refractivity contribution in [1.82, 2.24) is 20.2 Å². The Morgan fingerprint density at radius 2 is 1.64 bits per heavy atom. The zero-order chi connectivity index (χ0) is 19.2. The highest BCUT2D eigenvalue weighted by atomic mass is 15.4. The Labute approximate surface area is 166 Å². The second kappa shape index (κ2) is 8.73. The molecule has 3 heterocycles. The Morgan fingerprint density at radius 1 is 0.964 bits per heavy atom. The van der Waals surface area contributed by atoms with Crippen molar-refractivity contribution < 1.29 is 0 Å². The number of aliphatic imine (C=N–C) groups is 1. The average molecular weight is 377 g/mol. The Morgan fingerprint density at radius 3 is 2.29 bits per heavy atom. The molecule has 0 spiro atoms. The molecule has 7 heteroatoms. The predicted octanol–water partition coefficient (Wildman–Crippen LogP) is 1.75. The summed E-state index contributed by atoms with van der Waals surface area (Å²) in [4.78, 5) is 20.0. The van der Waals surface area contributed by atoms with E-state index in [1.807, 2.05) is 13.1 Å². The maximum absolute atomic E-state index is 4.47. The van der Waals surface area contributed by atoms with Gasteiger partial charge in [-0.15, -0.1) is 0 Å². The van der Waals surface area contributed by atoms with Crippen molar-refractivity contribution in [1.29, 1.82) is 0 Å². The summed E-state index contributed by atoms with van der Waals surface area (Å²) in [6, 6.07) is 10.6. The number of benzene rings is 1. The predicted molar refractivity (Wildman–Crippen MR) is 114 cm³/mol. The number of aromatic nitrogens is 2. The third kappa shape index (κ3) is 4.24. The number of rotatable bonds is 4. The van der Waals surface area contributed by atoms with Crippen LogP contribution in [0.5, 0.6) is 0 Å². The van der Waals surface area contributed by atoms with Crippen LogP contribution in [0.15, 0.2) is 59.9 Å². The Hall–Kier alpha value is -3.09. The van der Waals surface area contributed by atoms with Crippen molar-refractivity contribution in [3.05, 3.63) is 60.4 Å². The lowest BCUT2D eigenvalue weighted by molar-refractivity contribution is 0.370.